The molecule has 0 aliphatic rings. The van der Waals surface area contributed by atoms with Gasteiger partial charge in [-0.15, -0.1) is 0 Å². The van der Waals surface area contributed by atoms with Gasteiger partial charge in [-0.3, -0.25) is 0 Å². The van der Waals surface area contributed by atoms with E-state index in [9.17, 15) is 5.26 Å². The molecule has 0 aliphatic carbocycles. The van der Waals surface area contributed by atoms with Gasteiger partial charge in [0.25, 0.3) is 0 Å². The summed E-state index contributed by atoms with van der Waals surface area (Å²) in [6.07, 6.45) is 0. The number of fused-ring (bicyclic) bond motifs is 6. The third-order valence-electron chi connectivity index (χ3n) is 7.01. The Balaban J connectivity index is 1.54. The van der Waals surface area contributed by atoms with Crippen LogP contribution in [-0.4, -0.2) is 4.57 Å². The lowest BCUT2D eigenvalue weighted by Crippen LogP contribution is -1.94. The van der Waals surface area contributed by atoms with E-state index in [1.165, 1.54) is 48.9 Å². The summed E-state index contributed by atoms with van der Waals surface area (Å²) in [4.78, 5) is 0. The summed E-state index contributed by atoms with van der Waals surface area (Å²) in [5, 5.41) is 16.6. The summed E-state index contributed by atoms with van der Waals surface area (Å²) in [5.74, 6) is 0. The van der Waals surface area contributed by atoms with Crippen LogP contribution in [0.5, 0.6) is 0 Å². The van der Waals surface area contributed by atoms with Crippen molar-refractivity contribution < 1.29 is 0 Å². The Kier molecular flexibility index (Phi) is 4.24. The fourth-order valence-corrected chi connectivity index (χ4v) is 5.40. The molecule has 1 aromatic heterocycles. The van der Waals surface area contributed by atoms with Crippen LogP contribution in [0, 0.1) is 11.3 Å². The summed E-state index contributed by atoms with van der Waals surface area (Å²) in [5.41, 5.74) is 6.53. The van der Waals surface area contributed by atoms with E-state index in [0.717, 1.165) is 11.3 Å². The van der Waals surface area contributed by atoms with Gasteiger partial charge in [-0.05, 0) is 75.1 Å². The Hall–Kier alpha value is -4.87. The van der Waals surface area contributed by atoms with Crippen LogP contribution < -0.4 is 0 Å². The van der Waals surface area contributed by atoms with Crippen molar-refractivity contribution in [2.75, 3.05) is 0 Å². The van der Waals surface area contributed by atoms with Crippen molar-refractivity contribution in [3.63, 3.8) is 0 Å². The van der Waals surface area contributed by atoms with Crippen LogP contribution in [0.4, 0.5) is 0 Å². The first-order chi connectivity index (χ1) is 17.3. The van der Waals surface area contributed by atoms with Gasteiger partial charge in [0, 0.05) is 16.5 Å². The molecule has 0 unspecified atom stereocenters. The Morgan fingerprint density at radius 2 is 1.11 bits per heavy atom. The summed E-state index contributed by atoms with van der Waals surface area (Å²) in [7, 11) is 0. The molecule has 0 saturated heterocycles. The first-order valence-corrected chi connectivity index (χ1v) is 11.8. The number of benzene rings is 6. The van der Waals surface area contributed by atoms with Crippen LogP contribution in [0.1, 0.15) is 5.56 Å². The second-order valence-corrected chi connectivity index (χ2v) is 8.93. The van der Waals surface area contributed by atoms with E-state index in [1.807, 2.05) is 24.3 Å². The Labute approximate surface area is 202 Å². The molecule has 1 heterocycles. The number of hydrogen-bond acceptors (Lipinski definition) is 1. The molecule has 2 heteroatoms. The minimum absolute atomic E-state index is 0.674. The van der Waals surface area contributed by atoms with Crippen LogP contribution in [0.2, 0.25) is 0 Å². The van der Waals surface area contributed by atoms with Crippen molar-refractivity contribution >= 4 is 43.4 Å². The van der Waals surface area contributed by atoms with Gasteiger partial charge in [-0.25, -0.2) is 0 Å². The second kappa shape index (κ2) is 7.58. The maximum atomic E-state index is 9.23. The lowest BCUT2D eigenvalue weighted by atomic mass is 9.93. The van der Waals surface area contributed by atoms with Gasteiger partial charge >= 0.3 is 0 Å². The fourth-order valence-electron chi connectivity index (χ4n) is 5.40. The third kappa shape index (κ3) is 2.96. The van der Waals surface area contributed by atoms with Gasteiger partial charge in [0.05, 0.1) is 22.7 Å². The fraction of sp³-hybridized carbons (Fsp3) is 0. The molecule has 2 nitrogen and oxygen atoms in total. The molecule has 0 atom stereocenters. The first kappa shape index (κ1) is 19.6. The molecule has 0 radical (unpaired) electrons. The quantitative estimate of drug-likeness (QED) is 0.245. The van der Waals surface area contributed by atoms with E-state index < -0.39 is 0 Å². The molecule has 0 fully saturated rings. The third-order valence-corrected chi connectivity index (χ3v) is 7.01. The normalized spacial score (nSPS) is 11.4. The first-order valence-electron chi connectivity index (χ1n) is 11.8. The summed E-state index contributed by atoms with van der Waals surface area (Å²) >= 11 is 0. The van der Waals surface area contributed by atoms with Crippen LogP contribution in [0.25, 0.3) is 60.2 Å². The average molecular weight is 445 g/mol. The Morgan fingerprint density at radius 1 is 0.514 bits per heavy atom. The molecule has 6 aromatic carbocycles. The zero-order chi connectivity index (χ0) is 23.4. The second-order valence-electron chi connectivity index (χ2n) is 8.93. The van der Waals surface area contributed by atoms with Gasteiger partial charge in [-0.2, -0.15) is 5.26 Å². The largest absolute Gasteiger partial charge is 0.309 e. The van der Waals surface area contributed by atoms with E-state index in [4.69, 9.17) is 0 Å². The van der Waals surface area contributed by atoms with Gasteiger partial charge in [0.2, 0.25) is 0 Å². The minimum atomic E-state index is 0.674. The maximum absolute atomic E-state index is 9.23. The number of nitrogens with zero attached hydrogens (tertiary/aromatic N) is 2. The van der Waals surface area contributed by atoms with E-state index in [2.05, 4.69) is 108 Å². The summed E-state index contributed by atoms with van der Waals surface area (Å²) in [6, 6.07) is 45.0. The van der Waals surface area contributed by atoms with Gasteiger partial charge in [0.1, 0.15) is 0 Å². The Morgan fingerprint density at radius 3 is 1.77 bits per heavy atom. The van der Waals surface area contributed by atoms with Crippen LogP contribution >= 0.6 is 0 Å². The van der Waals surface area contributed by atoms with Crippen molar-refractivity contribution in [2.45, 2.75) is 0 Å². The Bertz CT molecular complexity index is 1900. The van der Waals surface area contributed by atoms with Crippen molar-refractivity contribution in [3.05, 3.63) is 127 Å². The van der Waals surface area contributed by atoms with Crippen molar-refractivity contribution in [3.8, 4) is 22.9 Å². The molecule has 162 valence electrons. The molecule has 0 bridgehead atoms. The highest BCUT2D eigenvalue weighted by Crippen LogP contribution is 2.37. The van der Waals surface area contributed by atoms with E-state index in [-0.39, 0.29) is 0 Å². The smallest absolute Gasteiger partial charge is 0.0991 e. The maximum Gasteiger partial charge on any atom is 0.0991 e. The van der Waals surface area contributed by atoms with Gasteiger partial charge in [-0.1, -0.05) is 78.9 Å². The molecule has 0 spiro atoms. The van der Waals surface area contributed by atoms with Crippen molar-refractivity contribution in [2.24, 2.45) is 0 Å². The lowest BCUT2D eigenvalue weighted by Gasteiger charge is -2.14. The minimum Gasteiger partial charge on any atom is -0.309 e. The molecule has 0 aliphatic heterocycles. The lowest BCUT2D eigenvalue weighted by molar-refractivity contribution is 1.19. The molecule has 7 rings (SSSR count). The molecule has 35 heavy (non-hydrogen) atoms. The number of para-hydroxylation sites is 2. The zero-order valence-electron chi connectivity index (χ0n) is 18.9. The zero-order valence-corrected chi connectivity index (χ0v) is 18.9. The molecule has 0 amide bonds. The molecular weight excluding hydrogens is 424 g/mol. The highest BCUT2D eigenvalue weighted by Gasteiger charge is 2.13. The molecular formula is C33H20N2. The highest BCUT2D eigenvalue weighted by molar-refractivity contribution is 6.15. The number of aromatic nitrogens is 1. The van der Waals surface area contributed by atoms with E-state index in [0.29, 0.717) is 5.56 Å². The SMILES string of the molecule is N#Cc1ccc(-c2cc3cc(-n4c5ccccc5c5ccccc54)ccc3c3ccccc23)cc1. The number of rotatable bonds is 2. The highest BCUT2D eigenvalue weighted by atomic mass is 15.0. The molecule has 0 N–H and O–H groups in total. The van der Waals surface area contributed by atoms with Crippen molar-refractivity contribution in [1.82, 2.24) is 4.57 Å². The molecule has 0 saturated carbocycles. The van der Waals surface area contributed by atoms with Crippen molar-refractivity contribution in [1.29, 1.82) is 5.26 Å². The monoisotopic (exact) mass is 444 g/mol. The average Bonchev–Trinajstić information content (AvgIpc) is 3.27. The predicted molar refractivity (Wildman–Crippen MR) is 146 cm³/mol. The predicted octanol–water partition coefficient (Wildman–Crippen LogP) is 8.63. The molecule has 7 aromatic rings. The van der Waals surface area contributed by atoms with Gasteiger partial charge < -0.3 is 4.57 Å². The van der Waals surface area contributed by atoms with E-state index >= 15 is 0 Å². The standard InChI is InChI=1S/C33H20N2/c34-21-22-13-15-23(16-14-22)31-20-24-19-25(17-18-26(24)27-7-1-2-8-28(27)31)35-32-11-5-3-9-29(32)30-10-4-6-12-33(30)35/h1-20H. The van der Waals surface area contributed by atoms with Crippen LogP contribution in [0.15, 0.2) is 121 Å². The number of hydrogen-bond donors (Lipinski definition) is 0. The summed E-state index contributed by atoms with van der Waals surface area (Å²) < 4.78 is 2.36. The van der Waals surface area contributed by atoms with Crippen LogP contribution in [-0.2, 0) is 0 Å². The summed E-state index contributed by atoms with van der Waals surface area (Å²) in [6.45, 7) is 0. The van der Waals surface area contributed by atoms with Gasteiger partial charge in [0.15, 0.2) is 0 Å². The van der Waals surface area contributed by atoms with E-state index in [1.54, 1.807) is 0 Å². The van der Waals surface area contributed by atoms with Crippen LogP contribution in [0.3, 0.4) is 0 Å². The number of nitriles is 1. The topological polar surface area (TPSA) is 28.7 Å².